The minimum atomic E-state index is -0.709. The first kappa shape index (κ1) is 22.7. The number of benzene rings is 1. The summed E-state index contributed by atoms with van der Waals surface area (Å²) in [5.74, 6) is -2.41. The molecule has 160 valence electrons. The third kappa shape index (κ3) is 5.69. The summed E-state index contributed by atoms with van der Waals surface area (Å²) in [6, 6.07) is 8.42. The van der Waals surface area contributed by atoms with Crippen LogP contribution in [-0.4, -0.2) is 48.6 Å². The van der Waals surface area contributed by atoms with E-state index in [4.69, 9.17) is 14.2 Å². The molecule has 0 aliphatic heterocycles. The maximum atomic E-state index is 12.3. The molecule has 9 heteroatoms. The molecule has 1 amide bonds. The predicted molar refractivity (Wildman–Crippen MR) is 106 cm³/mol. The fourth-order valence-corrected chi connectivity index (χ4v) is 2.70. The zero-order chi connectivity index (χ0) is 22.1. The number of amides is 1. The lowest BCUT2D eigenvalue weighted by Crippen LogP contribution is -2.30. The second-order valence-electron chi connectivity index (χ2n) is 6.13. The summed E-state index contributed by atoms with van der Waals surface area (Å²) < 4.78 is 15.1. The Hall–Kier alpha value is -3.62. The average molecular weight is 416 g/mol. The van der Waals surface area contributed by atoms with Crippen molar-refractivity contribution < 1.29 is 33.4 Å². The molecule has 2 aromatic rings. The van der Waals surface area contributed by atoms with Crippen LogP contribution in [0.2, 0.25) is 0 Å². The molecule has 0 radical (unpaired) electrons. The number of ether oxygens (including phenoxy) is 3. The number of aromatic nitrogens is 1. The monoisotopic (exact) mass is 416 g/mol. The van der Waals surface area contributed by atoms with Crippen molar-refractivity contribution in [3.05, 3.63) is 58.4 Å². The summed E-state index contributed by atoms with van der Waals surface area (Å²) in [5.41, 5.74) is 1.16. The molecule has 0 aliphatic carbocycles. The van der Waals surface area contributed by atoms with E-state index in [1.54, 1.807) is 51.1 Å². The van der Waals surface area contributed by atoms with Crippen molar-refractivity contribution in [3.63, 3.8) is 0 Å². The van der Waals surface area contributed by atoms with Gasteiger partial charge >= 0.3 is 17.9 Å². The molecule has 0 spiro atoms. The van der Waals surface area contributed by atoms with Crippen LogP contribution in [0.3, 0.4) is 0 Å². The zero-order valence-electron chi connectivity index (χ0n) is 17.1. The highest BCUT2D eigenvalue weighted by molar-refractivity contribution is 5.99. The third-order valence-electron chi connectivity index (χ3n) is 4.09. The fraction of sp³-hybridized carbons (Fsp3) is 0.333. The van der Waals surface area contributed by atoms with Crippen molar-refractivity contribution >= 4 is 23.8 Å². The molecule has 2 rings (SSSR count). The van der Waals surface area contributed by atoms with Crippen molar-refractivity contribution in [2.75, 3.05) is 19.8 Å². The first-order valence-electron chi connectivity index (χ1n) is 9.43. The lowest BCUT2D eigenvalue weighted by molar-refractivity contribution is -0.143. The molecule has 1 aromatic heterocycles. The van der Waals surface area contributed by atoms with Gasteiger partial charge in [-0.25, -0.2) is 9.59 Å². The van der Waals surface area contributed by atoms with Gasteiger partial charge in [0.15, 0.2) is 0 Å². The summed E-state index contributed by atoms with van der Waals surface area (Å²) in [4.78, 5) is 51.2. The Morgan fingerprint density at radius 3 is 2.20 bits per heavy atom. The molecule has 9 nitrogen and oxygen atoms in total. The maximum Gasteiger partial charge on any atom is 0.355 e. The predicted octanol–water partition coefficient (Wildman–Crippen LogP) is 2.15. The van der Waals surface area contributed by atoms with Gasteiger partial charge in [0.2, 0.25) is 0 Å². The first-order chi connectivity index (χ1) is 14.4. The number of H-pyrrole nitrogens is 1. The smallest absolute Gasteiger partial charge is 0.355 e. The number of nitrogens with one attached hydrogen (secondary N) is 2. The SMILES string of the molecule is CCOC(=O)c1[nH]c(COC(=O)CNC(=O)c2ccccc2)c(C(=O)OCC)c1C. The number of hydrogen-bond acceptors (Lipinski definition) is 7. The zero-order valence-corrected chi connectivity index (χ0v) is 17.1. The van der Waals surface area contributed by atoms with Gasteiger partial charge in [-0.2, -0.15) is 0 Å². The van der Waals surface area contributed by atoms with Crippen molar-refractivity contribution in [2.45, 2.75) is 27.4 Å². The van der Waals surface area contributed by atoms with Crippen LogP contribution in [0.25, 0.3) is 0 Å². The van der Waals surface area contributed by atoms with Gasteiger partial charge in [-0.05, 0) is 38.5 Å². The van der Waals surface area contributed by atoms with E-state index in [1.807, 2.05) is 0 Å². The van der Waals surface area contributed by atoms with Crippen molar-refractivity contribution in [3.8, 4) is 0 Å². The number of hydrogen-bond donors (Lipinski definition) is 2. The van der Waals surface area contributed by atoms with E-state index < -0.39 is 23.8 Å². The number of aromatic amines is 1. The van der Waals surface area contributed by atoms with E-state index >= 15 is 0 Å². The summed E-state index contributed by atoms with van der Waals surface area (Å²) in [7, 11) is 0. The van der Waals surface area contributed by atoms with Crippen molar-refractivity contribution in [2.24, 2.45) is 0 Å². The first-order valence-corrected chi connectivity index (χ1v) is 9.43. The van der Waals surface area contributed by atoms with Crippen LogP contribution < -0.4 is 5.32 Å². The second kappa shape index (κ2) is 10.8. The highest BCUT2D eigenvalue weighted by Gasteiger charge is 2.26. The molecule has 0 atom stereocenters. The minimum absolute atomic E-state index is 0.0864. The number of carbonyl (C=O) groups excluding carboxylic acids is 4. The molecule has 1 aromatic carbocycles. The van der Waals surface area contributed by atoms with Crippen LogP contribution >= 0.6 is 0 Å². The molecular weight excluding hydrogens is 392 g/mol. The Morgan fingerprint density at radius 2 is 1.57 bits per heavy atom. The summed E-state index contributed by atoms with van der Waals surface area (Å²) in [5, 5.41) is 2.45. The van der Waals surface area contributed by atoms with Crippen LogP contribution in [0.1, 0.15) is 56.3 Å². The molecule has 0 aliphatic rings. The lowest BCUT2D eigenvalue weighted by atomic mass is 10.1. The van der Waals surface area contributed by atoms with E-state index in [1.165, 1.54) is 0 Å². The molecule has 0 saturated carbocycles. The molecular formula is C21H24N2O7. The normalized spacial score (nSPS) is 10.2. The van der Waals surface area contributed by atoms with Crippen LogP contribution in [0, 0.1) is 6.92 Å². The molecule has 2 N–H and O–H groups in total. The minimum Gasteiger partial charge on any atom is -0.462 e. The molecule has 30 heavy (non-hydrogen) atoms. The second-order valence-corrected chi connectivity index (χ2v) is 6.13. The van der Waals surface area contributed by atoms with E-state index in [0.29, 0.717) is 11.1 Å². The van der Waals surface area contributed by atoms with E-state index in [-0.39, 0.29) is 43.3 Å². The highest BCUT2D eigenvalue weighted by Crippen LogP contribution is 2.21. The van der Waals surface area contributed by atoms with E-state index in [2.05, 4.69) is 10.3 Å². The Morgan fingerprint density at radius 1 is 0.933 bits per heavy atom. The molecule has 0 saturated heterocycles. The lowest BCUT2D eigenvalue weighted by Gasteiger charge is -2.08. The average Bonchev–Trinajstić information content (AvgIpc) is 3.07. The maximum absolute atomic E-state index is 12.3. The van der Waals surface area contributed by atoms with Gasteiger partial charge in [-0.3, -0.25) is 9.59 Å². The highest BCUT2D eigenvalue weighted by atomic mass is 16.5. The van der Waals surface area contributed by atoms with Gasteiger partial charge in [-0.1, -0.05) is 18.2 Å². The molecule has 1 heterocycles. The molecule has 0 unspecified atom stereocenters. The topological polar surface area (TPSA) is 124 Å². The number of carbonyl (C=O) groups is 4. The Kier molecular flexibility index (Phi) is 8.16. The van der Waals surface area contributed by atoms with Gasteiger partial charge in [0.05, 0.1) is 24.5 Å². The third-order valence-corrected chi connectivity index (χ3v) is 4.09. The molecule has 0 bridgehead atoms. The standard InChI is InChI=1S/C21H24N2O7/c1-4-28-20(26)17-13(3)18(21(27)29-5-2)23-15(17)12-30-16(24)11-22-19(25)14-9-7-6-8-10-14/h6-10,23H,4-5,11-12H2,1-3H3,(H,22,25). The Bertz CT molecular complexity index is 919. The van der Waals surface area contributed by atoms with Gasteiger partial charge < -0.3 is 24.5 Å². The summed E-state index contributed by atoms with van der Waals surface area (Å²) in [6.45, 7) is 4.53. The Labute approximate surface area is 173 Å². The molecule has 0 fully saturated rings. The van der Waals surface area contributed by atoms with E-state index in [0.717, 1.165) is 0 Å². The largest absolute Gasteiger partial charge is 0.462 e. The van der Waals surface area contributed by atoms with E-state index in [9.17, 15) is 19.2 Å². The van der Waals surface area contributed by atoms with Gasteiger partial charge in [-0.15, -0.1) is 0 Å². The van der Waals surface area contributed by atoms with Gasteiger partial charge in [0.25, 0.3) is 5.91 Å². The van der Waals surface area contributed by atoms with Crippen LogP contribution in [0.4, 0.5) is 0 Å². The Balaban J connectivity index is 2.06. The number of esters is 3. The van der Waals surface area contributed by atoms with Gasteiger partial charge in [0, 0.05) is 5.56 Å². The quantitative estimate of drug-likeness (QED) is 0.474. The van der Waals surface area contributed by atoms with Crippen molar-refractivity contribution in [1.82, 2.24) is 10.3 Å². The summed E-state index contributed by atoms with van der Waals surface area (Å²) in [6.07, 6.45) is 0. The van der Waals surface area contributed by atoms with Crippen LogP contribution in [0.15, 0.2) is 30.3 Å². The number of rotatable bonds is 9. The fourth-order valence-electron chi connectivity index (χ4n) is 2.70. The van der Waals surface area contributed by atoms with Crippen LogP contribution in [-0.2, 0) is 25.6 Å². The van der Waals surface area contributed by atoms with Crippen LogP contribution in [0.5, 0.6) is 0 Å². The summed E-state index contributed by atoms with van der Waals surface area (Å²) >= 11 is 0. The van der Waals surface area contributed by atoms with Gasteiger partial charge in [0.1, 0.15) is 18.8 Å². The van der Waals surface area contributed by atoms with Crippen molar-refractivity contribution in [1.29, 1.82) is 0 Å².